The Morgan fingerprint density at radius 1 is 1.45 bits per heavy atom. The molecule has 0 saturated heterocycles. The van der Waals surface area contributed by atoms with Crippen LogP contribution in [0.25, 0.3) is 6.08 Å². The Bertz CT molecular complexity index is 259. The minimum absolute atomic E-state index is 0.247. The molecule has 0 N–H and O–H groups in total. The van der Waals surface area contributed by atoms with Gasteiger partial charge in [0.1, 0.15) is 5.82 Å². The molecule has 11 heavy (non-hydrogen) atoms. The van der Waals surface area contributed by atoms with Gasteiger partial charge < -0.3 is 0 Å². The van der Waals surface area contributed by atoms with Crippen molar-refractivity contribution in [1.29, 1.82) is 0 Å². The lowest BCUT2D eigenvalue weighted by Crippen LogP contribution is -1.79. The van der Waals surface area contributed by atoms with E-state index in [0.29, 0.717) is 0 Å². The molecule has 1 aromatic rings. The molecule has 0 bridgehead atoms. The fraction of sp³-hybridized carbons (Fsp3) is 0.111. The van der Waals surface area contributed by atoms with Gasteiger partial charge in [0.05, 0.1) is 5.54 Å². The summed E-state index contributed by atoms with van der Waals surface area (Å²) in [4.78, 5) is 0. The van der Waals surface area contributed by atoms with E-state index in [1.54, 1.807) is 0 Å². The maximum absolute atomic E-state index is 12.7. The molecule has 0 heterocycles. The molecule has 0 aromatic heterocycles. The van der Waals surface area contributed by atoms with Crippen molar-refractivity contribution in [2.75, 3.05) is 0 Å². The standard InChI is InChI=1S/C9H7ClF/c1-7-4-8(2-3-10)6-9(11)5-7/h2,4-6H,1H3. The lowest BCUT2D eigenvalue weighted by molar-refractivity contribution is 0.626. The van der Waals surface area contributed by atoms with Gasteiger partial charge >= 0.3 is 0 Å². The molecular weight excluding hydrogens is 163 g/mol. The number of rotatable bonds is 1. The van der Waals surface area contributed by atoms with Crippen LogP contribution in [-0.4, -0.2) is 0 Å². The molecule has 1 radical (unpaired) electrons. The first-order valence-corrected chi connectivity index (χ1v) is 3.57. The lowest BCUT2D eigenvalue weighted by atomic mass is 10.1. The highest BCUT2D eigenvalue weighted by Gasteiger charge is 1.93. The van der Waals surface area contributed by atoms with Crippen molar-refractivity contribution in [2.45, 2.75) is 6.92 Å². The van der Waals surface area contributed by atoms with E-state index in [-0.39, 0.29) is 5.82 Å². The first kappa shape index (κ1) is 8.28. The van der Waals surface area contributed by atoms with Crippen molar-refractivity contribution < 1.29 is 4.39 Å². The average Bonchev–Trinajstić information content (AvgIpc) is 1.85. The maximum atomic E-state index is 12.7. The predicted octanol–water partition coefficient (Wildman–Crippen LogP) is 3.15. The molecule has 0 amide bonds. The number of hydrogen-bond donors (Lipinski definition) is 0. The zero-order valence-corrected chi connectivity index (χ0v) is 6.82. The maximum Gasteiger partial charge on any atom is 0.124 e. The van der Waals surface area contributed by atoms with Gasteiger partial charge in [-0.3, -0.25) is 0 Å². The van der Waals surface area contributed by atoms with Gasteiger partial charge in [0, 0.05) is 0 Å². The molecule has 0 nitrogen and oxygen atoms in total. The normalized spacial score (nSPS) is 10.8. The van der Waals surface area contributed by atoms with Crippen LogP contribution in [0.3, 0.4) is 0 Å². The second kappa shape index (κ2) is 3.54. The zero-order valence-electron chi connectivity index (χ0n) is 6.07. The first-order valence-electron chi connectivity index (χ1n) is 3.19. The summed E-state index contributed by atoms with van der Waals surface area (Å²) < 4.78 is 12.7. The molecule has 0 atom stereocenters. The van der Waals surface area contributed by atoms with Crippen molar-refractivity contribution >= 4 is 17.7 Å². The van der Waals surface area contributed by atoms with Gasteiger partial charge in [0.15, 0.2) is 0 Å². The van der Waals surface area contributed by atoms with Crippen LogP contribution >= 0.6 is 11.6 Å². The quantitative estimate of drug-likeness (QED) is 0.606. The highest BCUT2D eigenvalue weighted by atomic mass is 35.5. The molecule has 2 heteroatoms. The molecule has 57 valence electrons. The van der Waals surface area contributed by atoms with Crippen molar-refractivity contribution in [3.63, 3.8) is 0 Å². The Labute approximate surface area is 70.3 Å². The summed E-state index contributed by atoms with van der Waals surface area (Å²) in [6.07, 6.45) is 1.53. The summed E-state index contributed by atoms with van der Waals surface area (Å²) in [5.74, 6) is -0.247. The topological polar surface area (TPSA) is 0 Å². The first-order chi connectivity index (χ1) is 5.22. The minimum Gasteiger partial charge on any atom is -0.207 e. The van der Waals surface area contributed by atoms with Crippen LogP contribution in [0, 0.1) is 18.3 Å². The number of hydrogen-bond acceptors (Lipinski definition) is 0. The molecule has 0 spiro atoms. The van der Waals surface area contributed by atoms with Gasteiger partial charge in [-0.15, -0.1) is 0 Å². The van der Waals surface area contributed by atoms with E-state index in [1.807, 2.05) is 13.0 Å². The Morgan fingerprint density at radius 2 is 2.18 bits per heavy atom. The summed E-state index contributed by atoms with van der Waals surface area (Å²) in [5.41, 5.74) is 3.93. The van der Waals surface area contributed by atoms with Gasteiger partial charge in [0.25, 0.3) is 0 Å². The van der Waals surface area contributed by atoms with E-state index < -0.39 is 0 Å². The Balaban J connectivity index is 3.08. The Hall–Kier alpha value is -0.820. The van der Waals surface area contributed by atoms with Gasteiger partial charge in [0.2, 0.25) is 0 Å². The van der Waals surface area contributed by atoms with Crippen LogP contribution in [0.2, 0.25) is 0 Å². The van der Waals surface area contributed by atoms with E-state index in [1.165, 1.54) is 18.2 Å². The van der Waals surface area contributed by atoms with Crippen LogP contribution in [0.4, 0.5) is 4.39 Å². The minimum atomic E-state index is -0.247. The van der Waals surface area contributed by atoms with Gasteiger partial charge in [-0.05, 0) is 36.3 Å². The number of benzene rings is 1. The summed E-state index contributed by atoms with van der Waals surface area (Å²) in [6, 6.07) is 4.70. The van der Waals surface area contributed by atoms with E-state index >= 15 is 0 Å². The third-order valence-corrected chi connectivity index (χ3v) is 1.39. The van der Waals surface area contributed by atoms with Gasteiger partial charge in [-0.2, -0.15) is 0 Å². The highest BCUT2D eigenvalue weighted by Crippen LogP contribution is 2.09. The third-order valence-electron chi connectivity index (χ3n) is 1.29. The van der Waals surface area contributed by atoms with E-state index in [0.717, 1.165) is 11.1 Å². The van der Waals surface area contributed by atoms with Crippen molar-refractivity contribution in [3.05, 3.63) is 40.7 Å². The van der Waals surface area contributed by atoms with Crippen molar-refractivity contribution in [1.82, 2.24) is 0 Å². The molecule has 1 aromatic carbocycles. The summed E-state index contributed by atoms with van der Waals surface area (Å²) >= 11 is 5.21. The fourth-order valence-corrected chi connectivity index (χ4v) is 1.04. The molecular formula is C9H7ClF. The second-order valence-electron chi connectivity index (χ2n) is 2.32. The third kappa shape index (κ3) is 2.35. The van der Waals surface area contributed by atoms with E-state index in [2.05, 4.69) is 5.54 Å². The van der Waals surface area contributed by atoms with Crippen molar-refractivity contribution in [2.24, 2.45) is 0 Å². The summed E-state index contributed by atoms with van der Waals surface area (Å²) in [7, 11) is 0. The average molecular weight is 170 g/mol. The fourth-order valence-electron chi connectivity index (χ4n) is 0.911. The Kier molecular flexibility index (Phi) is 2.66. The smallest absolute Gasteiger partial charge is 0.124 e. The van der Waals surface area contributed by atoms with Crippen LogP contribution in [0.1, 0.15) is 11.1 Å². The lowest BCUT2D eigenvalue weighted by Gasteiger charge is -1.95. The molecule has 0 saturated carbocycles. The highest BCUT2D eigenvalue weighted by molar-refractivity contribution is 6.23. The van der Waals surface area contributed by atoms with Crippen molar-refractivity contribution in [3.8, 4) is 0 Å². The number of aryl methyl sites for hydroxylation is 1. The van der Waals surface area contributed by atoms with Gasteiger partial charge in [-0.25, -0.2) is 4.39 Å². The Morgan fingerprint density at radius 3 is 2.73 bits per heavy atom. The SMILES string of the molecule is Cc1cc(F)cc(C=[C]Cl)c1. The van der Waals surface area contributed by atoms with Crippen LogP contribution < -0.4 is 0 Å². The van der Waals surface area contributed by atoms with Crippen LogP contribution in [0.5, 0.6) is 0 Å². The van der Waals surface area contributed by atoms with E-state index in [9.17, 15) is 4.39 Å². The summed E-state index contributed by atoms with van der Waals surface area (Å²) in [6.45, 7) is 1.83. The zero-order chi connectivity index (χ0) is 8.27. The van der Waals surface area contributed by atoms with Crippen LogP contribution in [0.15, 0.2) is 18.2 Å². The molecule has 1 rings (SSSR count). The monoisotopic (exact) mass is 169 g/mol. The summed E-state index contributed by atoms with van der Waals surface area (Å²) in [5, 5.41) is 0. The molecule has 0 aliphatic rings. The molecule has 0 unspecified atom stereocenters. The predicted molar refractivity (Wildman–Crippen MR) is 44.7 cm³/mol. The van der Waals surface area contributed by atoms with E-state index in [4.69, 9.17) is 11.6 Å². The molecule has 0 aliphatic carbocycles. The van der Waals surface area contributed by atoms with Crippen LogP contribution in [-0.2, 0) is 0 Å². The molecule has 0 fully saturated rings. The molecule has 0 aliphatic heterocycles. The number of halogens is 2. The van der Waals surface area contributed by atoms with Gasteiger partial charge in [-0.1, -0.05) is 17.7 Å². The largest absolute Gasteiger partial charge is 0.207 e. The second-order valence-corrected chi connectivity index (χ2v) is 2.53.